The number of H-pyrrole nitrogens is 1. The second-order valence-electron chi connectivity index (χ2n) is 4.73. The van der Waals surface area contributed by atoms with Gasteiger partial charge in [-0.05, 0) is 24.1 Å². The van der Waals surface area contributed by atoms with E-state index in [9.17, 15) is 9.59 Å². The summed E-state index contributed by atoms with van der Waals surface area (Å²) in [6, 6.07) is 10.3. The summed E-state index contributed by atoms with van der Waals surface area (Å²) >= 11 is 0. The van der Waals surface area contributed by atoms with Crippen molar-refractivity contribution >= 4 is 5.91 Å². The minimum Gasteiger partial charge on any atom is -0.481 e. The number of nitrogens with zero attached hydrogens (tertiary/aromatic N) is 1. The predicted octanol–water partition coefficient (Wildman–Crippen LogP) is 1.31. The Morgan fingerprint density at radius 1 is 1.29 bits per heavy atom. The zero-order valence-corrected chi connectivity index (χ0v) is 13.0. The number of hydrogen-bond donors (Lipinski definition) is 2. The molecule has 0 radical (unpaired) electrons. The third-order valence-electron chi connectivity index (χ3n) is 3.01. The van der Waals surface area contributed by atoms with Gasteiger partial charge in [-0.1, -0.05) is 36.1 Å². The molecule has 24 heavy (non-hydrogen) atoms. The lowest BCUT2D eigenvalue weighted by Gasteiger charge is -2.07. The van der Waals surface area contributed by atoms with E-state index in [1.54, 1.807) is 0 Å². The van der Waals surface area contributed by atoms with Crippen LogP contribution in [0.25, 0.3) is 0 Å². The van der Waals surface area contributed by atoms with Crippen LogP contribution in [0, 0.1) is 11.8 Å². The number of allylic oxidation sites excluding steroid dienone is 1. The standard InChI is InChI=1S/C18H17N3O3/c1-2-7-14-8-3-4-9-16(14)24-13-6-5-12-19-18(23)15-10-11-17(22)21-20-15/h2-4,8-11H,1,7,12-13H2,(H,19,23)(H,21,22). The molecule has 122 valence electrons. The highest BCUT2D eigenvalue weighted by molar-refractivity contribution is 5.92. The summed E-state index contributed by atoms with van der Waals surface area (Å²) in [6.45, 7) is 4.10. The average Bonchev–Trinajstić information content (AvgIpc) is 2.60. The van der Waals surface area contributed by atoms with E-state index in [4.69, 9.17) is 4.74 Å². The number of carbonyl (C=O) groups is 1. The van der Waals surface area contributed by atoms with Gasteiger partial charge in [0.15, 0.2) is 0 Å². The molecule has 1 amide bonds. The summed E-state index contributed by atoms with van der Waals surface area (Å²) in [7, 11) is 0. The Bertz CT molecular complexity index is 811. The molecule has 0 aliphatic heterocycles. The lowest BCUT2D eigenvalue weighted by atomic mass is 10.1. The summed E-state index contributed by atoms with van der Waals surface area (Å²) in [5, 5.41) is 8.41. The SMILES string of the molecule is C=CCc1ccccc1OCC#CCNC(=O)c1ccc(=O)[nH]n1. The number of aromatic nitrogens is 2. The van der Waals surface area contributed by atoms with Gasteiger partial charge in [-0.2, -0.15) is 5.10 Å². The molecule has 0 aliphatic rings. The van der Waals surface area contributed by atoms with Crippen LogP contribution in [0.2, 0.25) is 0 Å². The molecule has 0 saturated heterocycles. The number of hydrogen-bond acceptors (Lipinski definition) is 4. The molecule has 0 saturated carbocycles. The minimum atomic E-state index is -0.405. The van der Waals surface area contributed by atoms with Crippen molar-refractivity contribution in [2.75, 3.05) is 13.2 Å². The van der Waals surface area contributed by atoms with Crippen molar-refractivity contribution < 1.29 is 9.53 Å². The Balaban J connectivity index is 1.78. The normalized spacial score (nSPS) is 9.50. The molecule has 0 bridgehead atoms. The topological polar surface area (TPSA) is 84.1 Å². The van der Waals surface area contributed by atoms with Gasteiger partial charge in [0.2, 0.25) is 0 Å². The first kappa shape index (κ1) is 17.0. The highest BCUT2D eigenvalue weighted by Gasteiger charge is 2.05. The van der Waals surface area contributed by atoms with Crippen LogP contribution in [-0.2, 0) is 6.42 Å². The van der Waals surface area contributed by atoms with Crippen LogP contribution in [0.5, 0.6) is 5.75 Å². The first-order chi connectivity index (χ1) is 11.7. The largest absolute Gasteiger partial charge is 0.481 e. The number of nitrogens with one attached hydrogen (secondary N) is 2. The van der Waals surface area contributed by atoms with Crippen molar-refractivity contribution in [3.8, 4) is 17.6 Å². The van der Waals surface area contributed by atoms with Crippen molar-refractivity contribution in [2.45, 2.75) is 6.42 Å². The molecule has 0 atom stereocenters. The molecule has 1 aromatic heterocycles. The van der Waals surface area contributed by atoms with Gasteiger partial charge < -0.3 is 10.1 Å². The van der Waals surface area contributed by atoms with Gasteiger partial charge in [0.25, 0.3) is 11.5 Å². The minimum absolute atomic E-state index is 0.131. The lowest BCUT2D eigenvalue weighted by Crippen LogP contribution is -2.26. The van der Waals surface area contributed by atoms with Crippen LogP contribution < -0.4 is 15.6 Å². The van der Waals surface area contributed by atoms with Crippen LogP contribution in [0.4, 0.5) is 0 Å². The molecule has 2 aromatic rings. The second kappa shape index (κ2) is 8.96. The van der Waals surface area contributed by atoms with Crippen molar-refractivity contribution in [3.63, 3.8) is 0 Å². The van der Waals surface area contributed by atoms with Gasteiger partial charge >= 0.3 is 0 Å². The lowest BCUT2D eigenvalue weighted by molar-refractivity contribution is 0.0952. The Kier molecular flexibility index (Phi) is 6.35. The van der Waals surface area contributed by atoms with Crippen LogP contribution in [0.15, 0.2) is 53.8 Å². The number of benzene rings is 1. The molecule has 1 aromatic carbocycles. The van der Waals surface area contributed by atoms with Crippen LogP contribution in [0.3, 0.4) is 0 Å². The van der Waals surface area contributed by atoms with Gasteiger partial charge in [0.1, 0.15) is 18.1 Å². The van der Waals surface area contributed by atoms with E-state index in [1.807, 2.05) is 30.3 Å². The van der Waals surface area contributed by atoms with E-state index in [0.29, 0.717) is 0 Å². The van der Waals surface area contributed by atoms with E-state index in [2.05, 4.69) is 33.9 Å². The Morgan fingerprint density at radius 2 is 2.12 bits per heavy atom. The maximum atomic E-state index is 11.7. The third-order valence-corrected chi connectivity index (χ3v) is 3.01. The Morgan fingerprint density at radius 3 is 2.88 bits per heavy atom. The zero-order valence-electron chi connectivity index (χ0n) is 13.0. The van der Waals surface area contributed by atoms with Gasteiger partial charge in [0.05, 0.1) is 6.54 Å². The maximum absolute atomic E-state index is 11.7. The molecule has 2 N–H and O–H groups in total. The Labute approximate surface area is 139 Å². The van der Waals surface area contributed by atoms with Crippen LogP contribution >= 0.6 is 0 Å². The van der Waals surface area contributed by atoms with Gasteiger partial charge in [0, 0.05) is 6.07 Å². The van der Waals surface area contributed by atoms with E-state index in [1.165, 1.54) is 12.1 Å². The highest BCUT2D eigenvalue weighted by atomic mass is 16.5. The molecule has 0 spiro atoms. The summed E-state index contributed by atoms with van der Waals surface area (Å²) in [4.78, 5) is 22.6. The Hall–Kier alpha value is -3.33. The van der Waals surface area contributed by atoms with Gasteiger partial charge in [-0.3, -0.25) is 9.59 Å². The molecule has 0 aliphatic carbocycles. The van der Waals surface area contributed by atoms with E-state index < -0.39 is 5.91 Å². The van der Waals surface area contributed by atoms with Crippen LogP contribution in [0.1, 0.15) is 16.1 Å². The van der Waals surface area contributed by atoms with Crippen molar-refractivity contribution in [2.24, 2.45) is 0 Å². The molecule has 2 rings (SSSR count). The van der Waals surface area contributed by atoms with Gasteiger partial charge in [-0.25, -0.2) is 5.10 Å². The molecule has 6 heteroatoms. The van der Waals surface area contributed by atoms with E-state index in [-0.39, 0.29) is 24.4 Å². The van der Waals surface area contributed by atoms with E-state index >= 15 is 0 Å². The number of carbonyl (C=O) groups excluding carboxylic acids is 1. The summed E-state index contributed by atoms with van der Waals surface area (Å²) in [5.74, 6) is 5.99. The third kappa shape index (κ3) is 5.14. The molecular formula is C18H17N3O3. The average molecular weight is 323 g/mol. The smallest absolute Gasteiger partial charge is 0.272 e. The number of ether oxygens (including phenoxy) is 1. The fraction of sp³-hybridized carbons (Fsp3) is 0.167. The fourth-order valence-electron chi connectivity index (χ4n) is 1.88. The maximum Gasteiger partial charge on any atom is 0.272 e. The summed E-state index contributed by atoms with van der Waals surface area (Å²) in [6.07, 6.45) is 2.54. The number of para-hydroxylation sites is 1. The highest BCUT2D eigenvalue weighted by Crippen LogP contribution is 2.18. The quantitative estimate of drug-likeness (QED) is 0.620. The molecular weight excluding hydrogens is 306 g/mol. The number of amides is 1. The summed E-state index contributed by atoms with van der Waals surface area (Å²) in [5.41, 5.74) is 0.818. The summed E-state index contributed by atoms with van der Waals surface area (Å²) < 4.78 is 5.61. The number of aromatic amines is 1. The fourth-order valence-corrected chi connectivity index (χ4v) is 1.88. The van der Waals surface area contributed by atoms with Gasteiger partial charge in [-0.15, -0.1) is 6.58 Å². The molecule has 1 heterocycles. The predicted molar refractivity (Wildman–Crippen MR) is 90.8 cm³/mol. The monoisotopic (exact) mass is 323 g/mol. The first-order valence-electron chi connectivity index (χ1n) is 7.32. The van der Waals surface area contributed by atoms with Crippen LogP contribution in [-0.4, -0.2) is 29.3 Å². The number of rotatable bonds is 6. The first-order valence-corrected chi connectivity index (χ1v) is 7.32. The zero-order chi connectivity index (χ0) is 17.2. The second-order valence-corrected chi connectivity index (χ2v) is 4.73. The van der Waals surface area contributed by atoms with Crippen molar-refractivity contribution in [1.82, 2.24) is 15.5 Å². The van der Waals surface area contributed by atoms with Crippen molar-refractivity contribution in [1.29, 1.82) is 0 Å². The van der Waals surface area contributed by atoms with Crippen molar-refractivity contribution in [3.05, 3.63) is 70.7 Å². The molecule has 0 unspecified atom stereocenters. The molecule has 0 fully saturated rings. The molecule has 6 nitrogen and oxygen atoms in total. The van der Waals surface area contributed by atoms with E-state index in [0.717, 1.165) is 17.7 Å².